The van der Waals surface area contributed by atoms with Crippen molar-refractivity contribution in [2.75, 3.05) is 26.4 Å². The number of ether oxygens (including phenoxy) is 4. The maximum absolute atomic E-state index is 10.3. The zero-order chi connectivity index (χ0) is 28.8. The molecule has 0 unspecified atom stereocenters. The lowest BCUT2D eigenvalue weighted by atomic mass is 9.98. The summed E-state index contributed by atoms with van der Waals surface area (Å²) in [6.45, 7) is 1.16. The van der Waals surface area contributed by atoms with Crippen LogP contribution >= 0.6 is 0 Å². The number of rotatable bonds is 19. The van der Waals surface area contributed by atoms with Crippen LogP contribution in [0.25, 0.3) is 0 Å². The standard InChI is InChI=1S/C27H52O12/c1-2-3-4-5-6-7-8-9-10-11-12-17(15-36-26-24(34)22(32)20(30)18(13-28)38-26)16-37-27-25(35)23(33)21(31)19(14-29)39-27/h17-35H,2-16H2,1H3/t18-,19-,20-,21-,22+,23+,24-,25-,26-,27-/m1/s1. The van der Waals surface area contributed by atoms with Gasteiger partial charge in [-0.2, -0.15) is 0 Å². The molecule has 10 atom stereocenters. The minimum atomic E-state index is -1.55. The number of hydrogen-bond donors (Lipinski definition) is 8. The first kappa shape index (κ1) is 34.7. The highest BCUT2D eigenvalue weighted by Crippen LogP contribution is 2.26. The van der Waals surface area contributed by atoms with Gasteiger partial charge in [0.2, 0.25) is 0 Å². The van der Waals surface area contributed by atoms with Crippen LogP contribution in [0.4, 0.5) is 0 Å². The Bertz CT molecular complexity index is 584. The molecule has 12 nitrogen and oxygen atoms in total. The molecule has 2 rings (SSSR count). The lowest BCUT2D eigenvalue weighted by molar-refractivity contribution is -0.312. The van der Waals surface area contributed by atoms with Crippen LogP contribution in [0.1, 0.15) is 77.6 Å². The number of unbranched alkanes of at least 4 members (excludes halogenated alkanes) is 9. The van der Waals surface area contributed by atoms with Gasteiger partial charge < -0.3 is 59.8 Å². The van der Waals surface area contributed by atoms with E-state index >= 15 is 0 Å². The summed E-state index contributed by atoms with van der Waals surface area (Å²) in [5.74, 6) is -0.251. The lowest BCUT2D eigenvalue weighted by Gasteiger charge is -2.41. The monoisotopic (exact) mass is 568 g/mol. The molecule has 2 aliphatic heterocycles. The second kappa shape index (κ2) is 18.9. The van der Waals surface area contributed by atoms with E-state index in [1.807, 2.05) is 0 Å². The minimum absolute atomic E-state index is 0.0392. The van der Waals surface area contributed by atoms with Gasteiger partial charge in [-0.1, -0.05) is 71.1 Å². The quantitative estimate of drug-likeness (QED) is 0.0935. The van der Waals surface area contributed by atoms with Gasteiger partial charge in [-0.05, 0) is 6.42 Å². The summed E-state index contributed by atoms with van der Waals surface area (Å²) in [6.07, 6.45) is -1.45. The van der Waals surface area contributed by atoms with Gasteiger partial charge in [0.25, 0.3) is 0 Å². The number of aliphatic hydroxyl groups excluding tert-OH is 8. The van der Waals surface area contributed by atoms with Gasteiger partial charge in [0, 0.05) is 5.92 Å². The first-order valence-corrected chi connectivity index (χ1v) is 14.6. The van der Waals surface area contributed by atoms with Gasteiger partial charge in [0.1, 0.15) is 48.8 Å². The molecular formula is C27H52O12. The fourth-order valence-corrected chi connectivity index (χ4v) is 5.01. The summed E-state index contributed by atoms with van der Waals surface area (Å²) in [4.78, 5) is 0. The van der Waals surface area contributed by atoms with Crippen molar-refractivity contribution in [3.63, 3.8) is 0 Å². The van der Waals surface area contributed by atoms with Crippen LogP contribution < -0.4 is 0 Å². The molecule has 232 valence electrons. The molecular weight excluding hydrogens is 516 g/mol. The third-order valence-corrected chi connectivity index (χ3v) is 7.66. The van der Waals surface area contributed by atoms with Gasteiger partial charge in [0.05, 0.1) is 26.4 Å². The number of aliphatic hydroxyl groups is 8. The molecule has 0 aliphatic carbocycles. The fraction of sp³-hybridized carbons (Fsp3) is 1.00. The molecule has 0 aromatic rings. The Morgan fingerprint density at radius 3 is 1.31 bits per heavy atom. The highest BCUT2D eigenvalue weighted by molar-refractivity contribution is 4.90. The molecule has 0 aromatic carbocycles. The predicted molar refractivity (Wildman–Crippen MR) is 139 cm³/mol. The van der Waals surface area contributed by atoms with Crippen molar-refractivity contribution in [3.8, 4) is 0 Å². The van der Waals surface area contributed by atoms with Crippen molar-refractivity contribution in [2.45, 2.75) is 139 Å². The van der Waals surface area contributed by atoms with Crippen LogP contribution in [0.15, 0.2) is 0 Å². The molecule has 0 aromatic heterocycles. The van der Waals surface area contributed by atoms with Crippen molar-refractivity contribution < 1.29 is 59.8 Å². The maximum Gasteiger partial charge on any atom is 0.186 e. The fourth-order valence-electron chi connectivity index (χ4n) is 5.01. The molecule has 2 aliphatic rings. The van der Waals surface area contributed by atoms with E-state index in [1.54, 1.807) is 0 Å². The molecule has 2 saturated heterocycles. The summed E-state index contributed by atoms with van der Waals surface area (Å²) in [6, 6.07) is 0. The summed E-state index contributed by atoms with van der Waals surface area (Å²) in [7, 11) is 0. The van der Waals surface area contributed by atoms with Crippen molar-refractivity contribution in [1.82, 2.24) is 0 Å². The molecule has 0 amide bonds. The van der Waals surface area contributed by atoms with Crippen LogP contribution in [-0.2, 0) is 18.9 Å². The van der Waals surface area contributed by atoms with E-state index < -0.39 is 74.6 Å². The van der Waals surface area contributed by atoms with Gasteiger partial charge in [0.15, 0.2) is 12.6 Å². The molecule has 0 saturated carbocycles. The highest BCUT2D eigenvalue weighted by Gasteiger charge is 2.45. The Kier molecular flexibility index (Phi) is 16.8. The normalized spacial score (nSPS) is 35.5. The summed E-state index contributed by atoms with van der Waals surface area (Å²) in [5.41, 5.74) is 0. The summed E-state index contributed by atoms with van der Waals surface area (Å²) < 4.78 is 22.3. The Morgan fingerprint density at radius 1 is 0.538 bits per heavy atom. The molecule has 0 bridgehead atoms. The van der Waals surface area contributed by atoms with E-state index in [0.29, 0.717) is 6.42 Å². The summed E-state index contributed by atoms with van der Waals surface area (Å²) >= 11 is 0. The third kappa shape index (κ3) is 11.0. The Balaban J connectivity index is 1.86. The van der Waals surface area contributed by atoms with Crippen LogP contribution in [0.3, 0.4) is 0 Å². The second-order valence-electron chi connectivity index (χ2n) is 10.9. The molecule has 0 radical (unpaired) electrons. The smallest absolute Gasteiger partial charge is 0.186 e. The topological polar surface area (TPSA) is 199 Å². The number of hydrogen-bond acceptors (Lipinski definition) is 12. The Hall–Kier alpha value is -0.480. The third-order valence-electron chi connectivity index (χ3n) is 7.66. The van der Waals surface area contributed by atoms with Crippen molar-refractivity contribution in [1.29, 1.82) is 0 Å². The first-order valence-electron chi connectivity index (χ1n) is 14.6. The molecule has 39 heavy (non-hydrogen) atoms. The first-order chi connectivity index (χ1) is 18.7. The van der Waals surface area contributed by atoms with Gasteiger partial charge in [-0.3, -0.25) is 0 Å². The highest BCUT2D eigenvalue weighted by atomic mass is 16.7. The lowest BCUT2D eigenvalue weighted by Crippen LogP contribution is -2.59. The van der Waals surface area contributed by atoms with E-state index in [1.165, 1.54) is 44.9 Å². The minimum Gasteiger partial charge on any atom is -0.394 e. The average Bonchev–Trinajstić information content (AvgIpc) is 2.94. The molecule has 2 fully saturated rings. The van der Waals surface area contributed by atoms with Gasteiger partial charge in [-0.25, -0.2) is 0 Å². The SMILES string of the molecule is CCCCCCCCCCCCC(CO[C@@H]1O[C@H](CO)[C@@H](O)[C@H](O)[C@H]1O)CO[C@@H]1O[C@H](CO)[C@@H](O)[C@H](O)[C@H]1O. The van der Waals surface area contributed by atoms with E-state index in [2.05, 4.69) is 6.92 Å². The molecule has 0 spiro atoms. The average molecular weight is 569 g/mol. The molecule has 12 heteroatoms. The molecule has 2 heterocycles. The van der Waals surface area contributed by atoms with Gasteiger partial charge in [-0.15, -0.1) is 0 Å². The molecule has 8 N–H and O–H groups in total. The summed E-state index contributed by atoms with van der Waals surface area (Å²) in [5, 5.41) is 79.4. The van der Waals surface area contributed by atoms with E-state index in [4.69, 9.17) is 18.9 Å². The second-order valence-corrected chi connectivity index (χ2v) is 10.9. The van der Waals surface area contributed by atoms with Crippen molar-refractivity contribution in [3.05, 3.63) is 0 Å². The Labute approximate surface area is 231 Å². The zero-order valence-electron chi connectivity index (χ0n) is 23.2. The zero-order valence-corrected chi connectivity index (χ0v) is 23.2. The largest absolute Gasteiger partial charge is 0.394 e. The van der Waals surface area contributed by atoms with Crippen molar-refractivity contribution >= 4 is 0 Å². The van der Waals surface area contributed by atoms with E-state index in [9.17, 15) is 40.9 Å². The van der Waals surface area contributed by atoms with Crippen LogP contribution in [0.5, 0.6) is 0 Å². The van der Waals surface area contributed by atoms with E-state index in [0.717, 1.165) is 19.3 Å². The Morgan fingerprint density at radius 2 is 0.923 bits per heavy atom. The maximum atomic E-state index is 10.3. The van der Waals surface area contributed by atoms with Crippen LogP contribution in [-0.4, -0.2) is 129 Å². The van der Waals surface area contributed by atoms with E-state index in [-0.39, 0.29) is 19.1 Å². The van der Waals surface area contributed by atoms with Crippen LogP contribution in [0, 0.1) is 5.92 Å². The van der Waals surface area contributed by atoms with Gasteiger partial charge >= 0.3 is 0 Å². The van der Waals surface area contributed by atoms with Crippen molar-refractivity contribution in [2.24, 2.45) is 5.92 Å². The van der Waals surface area contributed by atoms with Crippen LogP contribution in [0.2, 0.25) is 0 Å². The predicted octanol–water partition coefficient (Wildman–Crippen LogP) is -0.453.